The Labute approximate surface area is 186 Å². The number of benzene rings is 3. The summed E-state index contributed by atoms with van der Waals surface area (Å²) >= 11 is 2.42. The molecule has 0 bridgehead atoms. The molecule has 3 rings (SSSR count). The van der Waals surface area contributed by atoms with E-state index in [9.17, 15) is 10.5 Å². The zero-order chi connectivity index (χ0) is 20.5. The number of allylic oxidation sites excluding steroid dienone is 1. The molecule has 3 heteroatoms. The van der Waals surface area contributed by atoms with Gasteiger partial charge in [0, 0.05) is 9.50 Å². The highest BCUT2D eigenvalue weighted by atomic mass is 127. The van der Waals surface area contributed by atoms with Crippen molar-refractivity contribution in [3.63, 3.8) is 0 Å². The molecular formula is C26H21IN2. The van der Waals surface area contributed by atoms with Crippen molar-refractivity contribution in [2.45, 2.75) is 18.8 Å². The first-order chi connectivity index (χ1) is 14.2. The summed E-state index contributed by atoms with van der Waals surface area (Å²) in [6.07, 6.45) is 1.52. The molecule has 3 aromatic carbocycles. The van der Waals surface area contributed by atoms with Crippen molar-refractivity contribution < 1.29 is 0 Å². The van der Waals surface area contributed by atoms with Crippen LogP contribution in [0.2, 0.25) is 0 Å². The van der Waals surface area contributed by atoms with Crippen molar-refractivity contribution in [1.29, 1.82) is 10.5 Å². The summed E-state index contributed by atoms with van der Waals surface area (Å²) in [6.45, 7) is 0. The normalized spacial score (nSPS) is 12.6. The maximum Gasteiger partial charge on any atom is 0.140 e. The summed E-state index contributed by atoms with van der Waals surface area (Å²) in [4.78, 5) is 0. The van der Waals surface area contributed by atoms with Crippen LogP contribution < -0.4 is 0 Å². The van der Waals surface area contributed by atoms with E-state index in [2.05, 4.69) is 59.0 Å². The lowest BCUT2D eigenvalue weighted by molar-refractivity contribution is 0.572. The smallest absolute Gasteiger partial charge is 0.140 e. The van der Waals surface area contributed by atoms with Gasteiger partial charge in [0.2, 0.25) is 0 Å². The number of rotatable bonds is 7. The van der Waals surface area contributed by atoms with Gasteiger partial charge in [-0.25, -0.2) is 0 Å². The number of hydrogen-bond acceptors (Lipinski definition) is 2. The molecular weight excluding hydrogens is 467 g/mol. The fourth-order valence-corrected chi connectivity index (χ4v) is 4.45. The standard InChI is InChI=1S/C26H21IN2/c27-26(22-14-8-3-9-15-22)25(21-12-6-2-7-13-21)17-16-24(23(18-28)19-29)20-10-4-1-5-11-20/h1-15,23-24H,16-17H2/b26-25+. The molecule has 0 saturated carbocycles. The second kappa shape index (κ2) is 10.6. The molecule has 3 aromatic rings. The fourth-order valence-electron chi connectivity index (χ4n) is 3.51. The van der Waals surface area contributed by atoms with Crippen LogP contribution in [0.1, 0.15) is 35.4 Å². The van der Waals surface area contributed by atoms with Gasteiger partial charge in [0.1, 0.15) is 5.92 Å². The number of nitrogens with zero attached hydrogens (tertiary/aromatic N) is 2. The Morgan fingerprint density at radius 2 is 1.21 bits per heavy atom. The van der Waals surface area contributed by atoms with E-state index in [0.29, 0.717) is 0 Å². The van der Waals surface area contributed by atoms with Gasteiger partial charge in [-0.3, -0.25) is 0 Å². The van der Waals surface area contributed by atoms with Crippen LogP contribution in [-0.2, 0) is 0 Å². The molecule has 2 nitrogen and oxygen atoms in total. The second-order valence-electron chi connectivity index (χ2n) is 6.82. The number of nitriles is 2. The van der Waals surface area contributed by atoms with E-state index in [4.69, 9.17) is 0 Å². The number of hydrogen-bond donors (Lipinski definition) is 0. The van der Waals surface area contributed by atoms with Crippen molar-refractivity contribution in [1.82, 2.24) is 0 Å². The monoisotopic (exact) mass is 488 g/mol. The molecule has 0 N–H and O–H groups in total. The first kappa shape index (κ1) is 20.8. The lowest BCUT2D eigenvalue weighted by atomic mass is 9.82. The predicted molar refractivity (Wildman–Crippen MR) is 127 cm³/mol. The molecule has 0 radical (unpaired) electrons. The summed E-state index contributed by atoms with van der Waals surface area (Å²) in [5.41, 5.74) is 4.65. The molecule has 0 fully saturated rings. The highest BCUT2D eigenvalue weighted by Gasteiger charge is 2.24. The zero-order valence-corrected chi connectivity index (χ0v) is 18.2. The van der Waals surface area contributed by atoms with Crippen molar-refractivity contribution in [3.8, 4) is 12.1 Å². The minimum Gasteiger partial charge on any atom is -0.197 e. The minimum absolute atomic E-state index is 0.120. The summed E-state index contributed by atoms with van der Waals surface area (Å²) in [6, 6.07) is 35.0. The van der Waals surface area contributed by atoms with Crippen LogP contribution in [0.15, 0.2) is 91.0 Å². The van der Waals surface area contributed by atoms with E-state index in [0.717, 1.165) is 18.4 Å². The van der Waals surface area contributed by atoms with Crippen molar-refractivity contribution in [3.05, 3.63) is 108 Å². The van der Waals surface area contributed by atoms with E-state index in [1.165, 1.54) is 20.3 Å². The molecule has 0 heterocycles. The third kappa shape index (κ3) is 5.34. The quantitative estimate of drug-likeness (QED) is 0.261. The highest BCUT2D eigenvalue weighted by Crippen LogP contribution is 2.38. The lowest BCUT2D eigenvalue weighted by Crippen LogP contribution is -2.10. The van der Waals surface area contributed by atoms with Gasteiger partial charge < -0.3 is 0 Å². The molecule has 29 heavy (non-hydrogen) atoms. The first-order valence-corrected chi connectivity index (χ1v) is 10.7. The van der Waals surface area contributed by atoms with E-state index in [1.54, 1.807) is 0 Å². The average molecular weight is 488 g/mol. The van der Waals surface area contributed by atoms with E-state index in [1.807, 2.05) is 66.7 Å². The van der Waals surface area contributed by atoms with Crippen LogP contribution >= 0.6 is 22.6 Å². The Kier molecular flexibility index (Phi) is 7.61. The summed E-state index contributed by atoms with van der Waals surface area (Å²) in [7, 11) is 0. The maximum atomic E-state index is 9.54. The Hall–Kier alpha value is -2.89. The van der Waals surface area contributed by atoms with Crippen molar-refractivity contribution >= 4 is 31.7 Å². The van der Waals surface area contributed by atoms with Gasteiger partial charge in [0.15, 0.2) is 0 Å². The molecule has 1 unspecified atom stereocenters. The molecule has 0 aliphatic carbocycles. The molecule has 0 aliphatic heterocycles. The second-order valence-corrected chi connectivity index (χ2v) is 7.90. The summed E-state index contributed by atoms with van der Waals surface area (Å²) in [5.74, 6) is -0.784. The molecule has 0 amide bonds. The van der Waals surface area contributed by atoms with Gasteiger partial charge in [0.05, 0.1) is 12.1 Å². The van der Waals surface area contributed by atoms with Crippen LogP contribution in [0.4, 0.5) is 0 Å². The van der Waals surface area contributed by atoms with Gasteiger partial charge in [-0.2, -0.15) is 10.5 Å². The Balaban J connectivity index is 1.97. The van der Waals surface area contributed by atoms with Gasteiger partial charge in [-0.05, 0) is 57.7 Å². The lowest BCUT2D eigenvalue weighted by Gasteiger charge is -2.20. The van der Waals surface area contributed by atoms with E-state index < -0.39 is 5.92 Å². The molecule has 1 atom stereocenters. The largest absolute Gasteiger partial charge is 0.197 e. The topological polar surface area (TPSA) is 47.6 Å². The highest BCUT2D eigenvalue weighted by molar-refractivity contribution is 14.1. The Morgan fingerprint density at radius 1 is 0.724 bits per heavy atom. The summed E-state index contributed by atoms with van der Waals surface area (Å²) in [5, 5.41) is 19.1. The third-order valence-corrected chi connectivity index (χ3v) is 6.30. The Bertz CT molecular complexity index is 1010. The summed E-state index contributed by atoms with van der Waals surface area (Å²) < 4.78 is 1.20. The molecule has 0 spiro atoms. The first-order valence-electron chi connectivity index (χ1n) is 9.58. The molecule has 0 aromatic heterocycles. The average Bonchev–Trinajstić information content (AvgIpc) is 2.80. The van der Waals surface area contributed by atoms with Crippen LogP contribution in [-0.4, -0.2) is 0 Å². The van der Waals surface area contributed by atoms with Gasteiger partial charge in [0.25, 0.3) is 0 Å². The third-order valence-electron chi connectivity index (χ3n) is 5.03. The van der Waals surface area contributed by atoms with E-state index in [-0.39, 0.29) is 5.92 Å². The molecule has 0 saturated heterocycles. The molecule has 0 aliphatic rings. The maximum absolute atomic E-state index is 9.54. The number of halogens is 1. The van der Waals surface area contributed by atoms with E-state index >= 15 is 0 Å². The van der Waals surface area contributed by atoms with Gasteiger partial charge >= 0.3 is 0 Å². The van der Waals surface area contributed by atoms with Crippen LogP contribution in [0, 0.1) is 28.6 Å². The van der Waals surface area contributed by atoms with Crippen LogP contribution in [0.25, 0.3) is 9.15 Å². The van der Waals surface area contributed by atoms with Crippen molar-refractivity contribution in [2.75, 3.05) is 0 Å². The minimum atomic E-state index is -0.663. The van der Waals surface area contributed by atoms with Crippen LogP contribution in [0.3, 0.4) is 0 Å². The SMILES string of the molecule is N#CC(C#N)C(CC/C(=C(\I)c1ccccc1)c1ccccc1)c1ccccc1. The Morgan fingerprint density at radius 3 is 1.72 bits per heavy atom. The van der Waals surface area contributed by atoms with Gasteiger partial charge in [-0.15, -0.1) is 0 Å². The molecule has 142 valence electrons. The van der Waals surface area contributed by atoms with Crippen LogP contribution in [0.5, 0.6) is 0 Å². The fraction of sp³-hybridized carbons (Fsp3) is 0.154. The predicted octanol–water partition coefficient (Wildman–Crippen LogP) is 7.22. The van der Waals surface area contributed by atoms with Gasteiger partial charge in [-0.1, -0.05) is 91.0 Å². The van der Waals surface area contributed by atoms with Crippen molar-refractivity contribution in [2.24, 2.45) is 5.92 Å². The zero-order valence-electron chi connectivity index (χ0n) is 16.0.